The van der Waals surface area contributed by atoms with Crippen LogP contribution in [-0.2, 0) is 6.18 Å². The fraction of sp³-hybridized carbons (Fsp3) is 0.111. The molecule has 0 radical (unpaired) electrons. The molecule has 0 heterocycles. The largest absolute Gasteiger partial charge is 0.415 e. The molecule has 0 bridgehead atoms. The van der Waals surface area contributed by atoms with Gasteiger partial charge in [-0.05, 0) is 6.07 Å². The minimum atomic E-state index is -4.48. The number of nitriles is 1. The number of rotatable bonds is 0. The maximum absolute atomic E-state index is 12.2. The van der Waals surface area contributed by atoms with Gasteiger partial charge in [-0.25, -0.2) is 4.85 Å². The SMILES string of the molecule is [C-]#[N+]c1cc(C(F)(F)F)ccc1C#N. The van der Waals surface area contributed by atoms with Crippen LogP contribution in [0.15, 0.2) is 18.2 Å². The van der Waals surface area contributed by atoms with Crippen LogP contribution in [0.1, 0.15) is 11.1 Å². The molecule has 1 aromatic rings. The molecule has 0 amide bonds. The monoisotopic (exact) mass is 196 g/mol. The molecule has 0 aromatic heterocycles. The lowest BCUT2D eigenvalue weighted by atomic mass is 10.1. The highest BCUT2D eigenvalue weighted by molar-refractivity contribution is 5.60. The van der Waals surface area contributed by atoms with Gasteiger partial charge < -0.3 is 0 Å². The van der Waals surface area contributed by atoms with Crippen molar-refractivity contribution >= 4 is 5.69 Å². The van der Waals surface area contributed by atoms with E-state index in [0.29, 0.717) is 6.07 Å². The first-order valence-electron chi connectivity index (χ1n) is 3.48. The van der Waals surface area contributed by atoms with Crippen molar-refractivity contribution in [3.63, 3.8) is 0 Å². The lowest BCUT2D eigenvalue weighted by Gasteiger charge is -2.06. The van der Waals surface area contributed by atoms with Gasteiger partial charge in [-0.15, -0.1) is 0 Å². The Kier molecular flexibility index (Phi) is 2.44. The number of hydrogen-bond donors (Lipinski definition) is 0. The van der Waals surface area contributed by atoms with Crippen LogP contribution in [0.5, 0.6) is 0 Å². The van der Waals surface area contributed by atoms with E-state index in [1.54, 1.807) is 6.07 Å². The summed E-state index contributed by atoms with van der Waals surface area (Å²) in [5, 5.41) is 8.47. The van der Waals surface area contributed by atoms with Gasteiger partial charge in [0.15, 0.2) is 0 Å². The van der Waals surface area contributed by atoms with Crippen molar-refractivity contribution < 1.29 is 13.2 Å². The van der Waals surface area contributed by atoms with E-state index < -0.39 is 11.7 Å². The van der Waals surface area contributed by atoms with Gasteiger partial charge in [-0.3, -0.25) is 0 Å². The zero-order valence-electron chi connectivity index (χ0n) is 6.76. The van der Waals surface area contributed by atoms with Crippen LogP contribution >= 0.6 is 0 Å². The van der Waals surface area contributed by atoms with E-state index in [0.717, 1.165) is 12.1 Å². The minimum absolute atomic E-state index is 0.0481. The summed E-state index contributed by atoms with van der Waals surface area (Å²) in [4.78, 5) is 2.84. The van der Waals surface area contributed by atoms with Crippen LogP contribution < -0.4 is 0 Å². The molecule has 0 atom stereocenters. The highest BCUT2D eigenvalue weighted by Gasteiger charge is 2.30. The number of alkyl halides is 3. The molecule has 0 saturated heterocycles. The van der Waals surface area contributed by atoms with Gasteiger partial charge in [0.05, 0.1) is 18.2 Å². The molecule has 0 spiro atoms. The molecule has 1 aromatic carbocycles. The first kappa shape index (κ1) is 10.1. The topological polar surface area (TPSA) is 28.1 Å². The van der Waals surface area contributed by atoms with E-state index in [2.05, 4.69) is 4.85 Å². The smallest absolute Gasteiger partial charge is 0.237 e. The zero-order valence-corrected chi connectivity index (χ0v) is 6.76. The Morgan fingerprint density at radius 3 is 2.43 bits per heavy atom. The van der Waals surface area contributed by atoms with Crippen LogP contribution in [0.3, 0.4) is 0 Å². The fourth-order valence-corrected chi connectivity index (χ4v) is 0.895. The van der Waals surface area contributed by atoms with Crippen molar-refractivity contribution in [3.8, 4) is 6.07 Å². The van der Waals surface area contributed by atoms with Crippen LogP contribution in [-0.4, -0.2) is 0 Å². The Morgan fingerprint density at radius 1 is 1.36 bits per heavy atom. The number of hydrogen-bond acceptors (Lipinski definition) is 1. The van der Waals surface area contributed by atoms with Gasteiger partial charge in [-0.2, -0.15) is 18.4 Å². The third kappa shape index (κ3) is 1.83. The molecule has 2 nitrogen and oxygen atoms in total. The van der Waals surface area contributed by atoms with Gasteiger partial charge in [0, 0.05) is 5.56 Å². The molecule has 0 aliphatic heterocycles. The fourth-order valence-electron chi connectivity index (χ4n) is 0.895. The molecule has 0 unspecified atom stereocenters. The number of benzene rings is 1. The lowest BCUT2D eigenvalue weighted by Crippen LogP contribution is -2.04. The summed E-state index contributed by atoms with van der Waals surface area (Å²) < 4.78 is 36.5. The zero-order chi connectivity index (χ0) is 10.8. The molecule has 5 heteroatoms. The maximum atomic E-state index is 12.2. The molecule has 0 fully saturated rings. The summed E-state index contributed by atoms with van der Waals surface area (Å²) in [5.41, 5.74) is -1.24. The summed E-state index contributed by atoms with van der Waals surface area (Å²) >= 11 is 0. The van der Waals surface area contributed by atoms with Gasteiger partial charge >= 0.3 is 6.18 Å². The second-order valence-electron chi connectivity index (χ2n) is 2.45. The molecule has 0 aliphatic carbocycles. The van der Waals surface area contributed by atoms with E-state index in [4.69, 9.17) is 11.8 Å². The molecule has 1 rings (SSSR count). The highest BCUT2D eigenvalue weighted by atomic mass is 19.4. The van der Waals surface area contributed by atoms with Crippen LogP contribution in [0.4, 0.5) is 18.9 Å². The average molecular weight is 196 g/mol. The third-order valence-electron chi connectivity index (χ3n) is 1.57. The van der Waals surface area contributed by atoms with Crippen molar-refractivity contribution in [1.29, 1.82) is 5.26 Å². The van der Waals surface area contributed by atoms with Crippen molar-refractivity contribution in [2.45, 2.75) is 6.18 Å². The summed E-state index contributed by atoms with van der Waals surface area (Å²) in [7, 11) is 0. The number of nitrogens with zero attached hydrogens (tertiary/aromatic N) is 2. The highest BCUT2D eigenvalue weighted by Crippen LogP contribution is 2.32. The van der Waals surface area contributed by atoms with Gasteiger partial charge in [0.2, 0.25) is 5.69 Å². The summed E-state index contributed by atoms with van der Waals surface area (Å²) in [6.07, 6.45) is -4.48. The molecule has 0 saturated carbocycles. The minimum Gasteiger partial charge on any atom is -0.237 e. The molecule has 14 heavy (non-hydrogen) atoms. The predicted octanol–water partition coefficient (Wildman–Crippen LogP) is 3.13. The standard InChI is InChI=1S/C9H3F3N2/c1-14-8-4-7(9(10,11)12)3-2-6(8)5-13/h2-4H. The van der Waals surface area contributed by atoms with E-state index in [9.17, 15) is 13.2 Å². The van der Waals surface area contributed by atoms with E-state index >= 15 is 0 Å². The second-order valence-corrected chi connectivity index (χ2v) is 2.45. The summed E-state index contributed by atoms with van der Waals surface area (Å²) in [6, 6.07) is 4.10. The van der Waals surface area contributed by atoms with Gasteiger partial charge in [-0.1, -0.05) is 12.1 Å². The Morgan fingerprint density at radius 2 is 2.00 bits per heavy atom. The van der Waals surface area contributed by atoms with Crippen LogP contribution in [0.25, 0.3) is 4.85 Å². The maximum Gasteiger partial charge on any atom is 0.415 e. The Labute approximate surface area is 78.0 Å². The van der Waals surface area contributed by atoms with Crippen LogP contribution in [0, 0.1) is 17.9 Å². The van der Waals surface area contributed by atoms with Crippen molar-refractivity contribution in [3.05, 3.63) is 40.7 Å². The average Bonchev–Trinajstić information content (AvgIpc) is 2.15. The first-order chi connectivity index (χ1) is 6.49. The van der Waals surface area contributed by atoms with Crippen molar-refractivity contribution in [2.24, 2.45) is 0 Å². The van der Waals surface area contributed by atoms with E-state index in [1.165, 1.54) is 0 Å². The van der Waals surface area contributed by atoms with Crippen molar-refractivity contribution in [1.82, 2.24) is 0 Å². The quantitative estimate of drug-likeness (QED) is 0.586. The molecule has 70 valence electrons. The van der Waals surface area contributed by atoms with E-state index in [1.807, 2.05) is 0 Å². The van der Waals surface area contributed by atoms with Crippen molar-refractivity contribution in [2.75, 3.05) is 0 Å². The normalized spacial score (nSPS) is 10.4. The molecular formula is C9H3F3N2. The van der Waals surface area contributed by atoms with Gasteiger partial charge in [0.1, 0.15) is 0 Å². The van der Waals surface area contributed by atoms with Gasteiger partial charge in [0.25, 0.3) is 0 Å². The Balaban J connectivity index is 3.32. The molecule has 0 N–H and O–H groups in total. The predicted molar refractivity (Wildman–Crippen MR) is 42.4 cm³/mol. The van der Waals surface area contributed by atoms with Crippen LogP contribution in [0.2, 0.25) is 0 Å². The summed E-state index contributed by atoms with van der Waals surface area (Å²) in [6.45, 7) is 6.60. The lowest BCUT2D eigenvalue weighted by molar-refractivity contribution is -0.137. The number of halogens is 3. The first-order valence-corrected chi connectivity index (χ1v) is 3.48. The molecular weight excluding hydrogens is 193 g/mol. The Bertz CT molecular complexity index is 435. The summed E-state index contributed by atoms with van der Waals surface area (Å²) in [5.74, 6) is 0. The third-order valence-corrected chi connectivity index (χ3v) is 1.57. The molecule has 0 aliphatic rings. The Hall–Kier alpha value is -2.01. The second kappa shape index (κ2) is 3.39. The van der Waals surface area contributed by atoms with E-state index in [-0.39, 0.29) is 11.3 Å².